The number of nitrogens with one attached hydrogen (secondary N) is 1. The maximum absolute atomic E-state index is 13.5. The number of hydrogen-bond donors (Lipinski definition) is 1. The van der Waals surface area contributed by atoms with E-state index < -0.39 is 23.7 Å². The number of thiazole rings is 1. The van der Waals surface area contributed by atoms with E-state index in [4.69, 9.17) is 4.74 Å². The van der Waals surface area contributed by atoms with Crippen molar-refractivity contribution in [2.75, 3.05) is 12.1 Å². The van der Waals surface area contributed by atoms with Crippen LogP contribution in [0.5, 0.6) is 5.75 Å². The van der Waals surface area contributed by atoms with Gasteiger partial charge >= 0.3 is 6.18 Å². The number of methoxy groups -OCH3 is 1. The number of carbonyl (C=O) groups excluding carboxylic acids is 1. The molecule has 4 rings (SSSR count). The van der Waals surface area contributed by atoms with E-state index in [1.807, 2.05) is 0 Å². The minimum absolute atomic E-state index is 0.106. The van der Waals surface area contributed by atoms with Crippen LogP contribution in [0.25, 0.3) is 10.2 Å². The molecule has 1 aliphatic rings. The lowest BCUT2D eigenvalue weighted by atomic mass is 10.0. The van der Waals surface area contributed by atoms with Gasteiger partial charge in [0.1, 0.15) is 5.75 Å². The van der Waals surface area contributed by atoms with Gasteiger partial charge < -0.3 is 4.74 Å². The van der Waals surface area contributed by atoms with Gasteiger partial charge in [-0.1, -0.05) is 23.5 Å². The first kappa shape index (κ1) is 20.0. The number of carbonyl (C=O) groups is 1. The largest absolute Gasteiger partial charge is 0.497 e. The molecule has 0 saturated heterocycles. The van der Waals surface area contributed by atoms with E-state index in [-0.39, 0.29) is 11.7 Å². The van der Waals surface area contributed by atoms with Gasteiger partial charge in [-0.05, 0) is 36.4 Å². The molecular weight excluding hydrogens is 417 g/mol. The second kappa shape index (κ2) is 7.86. The lowest BCUT2D eigenvalue weighted by Crippen LogP contribution is -2.69. The average Bonchev–Trinajstić information content (AvgIpc) is 3.29. The molecule has 30 heavy (non-hydrogen) atoms. The molecule has 2 heterocycles. The minimum Gasteiger partial charge on any atom is -0.497 e. The maximum atomic E-state index is 13.5. The van der Waals surface area contributed by atoms with E-state index in [9.17, 15) is 18.0 Å². The fraction of sp³-hybridized carbons (Fsp3) is 0.200. The van der Waals surface area contributed by atoms with Gasteiger partial charge in [0.05, 0.1) is 17.3 Å². The molecule has 0 saturated carbocycles. The summed E-state index contributed by atoms with van der Waals surface area (Å²) >= 11 is 1.11. The molecule has 2 aromatic carbocycles. The number of rotatable bonds is 5. The number of para-hydroxylation sites is 1. The normalized spacial score (nSPS) is 17.2. The lowest BCUT2D eigenvalue weighted by Gasteiger charge is -2.07. The number of benzene rings is 2. The summed E-state index contributed by atoms with van der Waals surface area (Å²) in [6.07, 6.45) is -3.61. The number of hydrogen-bond acceptors (Lipinski definition) is 5. The Morgan fingerprint density at radius 1 is 1.20 bits per heavy atom. The molecule has 3 aromatic rings. The quantitative estimate of drug-likeness (QED) is 0.629. The summed E-state index contributed by atoms with van der Waals surface area (Å²) in [4.78, 5) is 19.8. The molecule has 1 amide bonds. The molecule has 0 aliphatic carbocycles. The number of hydrazone groups is 1. The smallest absolute Gasteiger partial charge is 0.432 e. The van der Waals surface area contributed by atoms with Crippen LogP contribution in [0.3, 0.4) is 0 Å². The maximum Gasteiger partial charge on any atom is 0.432 e. The van der Waals surface area contributed by atoms with Crippen LogP contribution in [-0.2, 0) is 11.3 Å². The van der Waals surface area contributed by atoms with Crippen LogP contribution < -0.4 is 14.7 Å². The van der Waals surface area contributed by atoms with Crippen LogP contribution in [0.4, 0.5) is 18.3 Å². The summed E-state index contributed by atoms with van der Waals surface area (Å²) in [6.45, 7) is 0.250. The van der Waals surface area contributed by atoms with Gasteiger partial charge in [-0.25, -0.2) is 9.98 Å². The lowest BCUT2D eigenvalue weighted by molar-refractivity contribution is -0.471. The standard InChI is InChI=1S/C20H15F3N4O2S/c1-29-13-8-6-12(7-9-13)10-24-11-14-17(20(21,22)23)26-27(18(14)28)19-25-15-4-2-3-5-16(15)30-19/h2-9,11,14H,10H2,1H3/p+1/t14-/m0/s1. The third-order valence-electron chi connectivity index (χ3n) is 4.48. The van der Waals surface area contributed by atoms with Crippen molar-refractivity contribution >= 4 is 44.5 Å². The topological polar surface area (TPSA) is 68.8 Å². The van der Waals surface area contributed by atoms with Gasteiger partial charge in [0.25, 0.3) is 5.91 Å². The van der Waals surface area contributed by atoms with Gasteiger partial charge in [-0.15, -0.1) is 0 Å². The zero-order valence-electron chi connectivity index (χ0n) is 15.7. The van der Waals surface area contributed by atoms with Crippen molar-refractivity contribution in [1.29, 1.82) is 0 Å². The van der Waals surface area contributed by atoms with E-state index in [1.54, 1.807) is 55.6 Å². The molecule has 1 N–H and O–H groups in total. The molecule has 6 nitrogen and oxygen atoms in total. The molecule has 1 aromatic heterocycles. The summed E-state index contributed by atoms with van der Waals surface area (Å²) in [7, 11) is 1.54. The summed E-state index contributed by atoms with van der Waals surface area (Å²) in [5.41, 5.74) is 0.249. The summed E-state index contributed by atoms with van der Waals surface area (Å²) < 4.78 is 46.4. The van der Waals surface area contributed by atoms with Crippen molar-refractivity contribution in [3.8, 4) is 5.75 Å². The molecule has 0 bridgehead atoms. The highest BCUT2D eigenvalue weighted by atomic mass is 32.1. The second-order valence-corrected chi connectivity index (χ2v) is 7.48. The zero-order chi connectivity index (χ0) is 21.3. The predicted octanol–water partition coefficient (Wildman–Crippen LogP) is 2.54. The number of aromatic nitrogens is 1. The molecule has 0 fully saturated rings. The predicted molar refractivity (Wildman–Crippen MR) is 108 cm³/mol. The van der Waals surface area contributed by atoms with Gasteiger partial charge in [-0.3, -0.25) is 4.79 Å². The number of amides is 1. The number of anilines is 1. The van der Waals surface area contributed by atoms with Crippen molar-refractivity contribution in [2.24, 2.45) is 11.0 Å². The van der Waals surface area contributed by atoms with Crippen molar-refractivity contribution in [1.82, 2.24) is 4.98 Å². The molecule has 0 radical (unpaired) electrons. The van der Waals surface area contributed by atoms with E-state index in [0.29, 0.717) is 11.3 Å². The number of ether oxygens (including phenoxy) is 1. The van der Waals surface area contributed by atoms with Crippen LogP contribution in [0.15, 0.2) is 53.6 Å². The monoisotopic (exact) mass is 433 g/mol. The van der Waals surface area contributed by atoms with Crippen LogP contribution in [-0.4, -0.2) is 36.1 Å². The van der Waals surface area contributed by atoms with Gasteiger partial charge in [0.2, 0.25) is 5.13 Å². The second-order valence-electron chi connectivity index (χ2n) is 6.47. The SMILES string of the molecule is COc1ccc(C[NH+]=C[C@@H]2C(=O)N(c3nc4ccccc4s3)N=C2C(F)(F)F)cc1. The molecule has 10 heteroatoms. The van der Waals surface area contributed by atoms with Crippen LogP contribution in [0.2, 0.25) is 0 Å². The number of alkyl halides is 3. The summed E-state index contributed by atoms with van der Waals surface area (Å²) in [5, 5.41) is 4.42. The minimum atomic E-state index is -4.75. The van der Waals surface area contributed by atoms with E-state index >= 15 is 0 Å². The molecular formula is C20H16F3N4O2S+. The first-order valence-corrected chi connectivity index (χ1v) is 9.73. The van der Waals surface area contributed by atoms with Gasteiger partial charge in [0, 0.05) is 5.56 Å². The Morgan fingerprint density at radius 2 is 1.93 bits per heavy atom. The van der Waals surface area contributed by atoms with Crippen LogP contribution >= 0.6 is 11.3 Å². The summed E-state index contributed by atoms with van der Waals surface area (Å²) in [6, 6.07) is 14.1. The van der Waals surface area contributed by atoms with E-state index in [2.05, 4.69) is 15.1 Å². The van der Waals surface area contributed by atoms with Crippen LogP contribution in [0, 0.1) is 5.92 Å². The Balaban J connectivity index is 1.58. The first-order valence-electron chi connectivity index (χ1n) is 8.91. The van der Waals surface area contributed by atoms with Crippen LogP contribution in [0.1, 0.15) is 5.56 Å². The number of halogens is 3. The van der Waals surface area contributed by atoms with Crippen molar-refractivity contribution < 1.29 is 27.7 Å². The van der Waals surface area contributed by atoms with E-state index in [1.165, 1.54) is 0 Å². The Labute approximate surface area is 173 Å². The third kappa shape index (κ3) is 3.90. The molecule has 0 unspecified atom stereocenters. The Bertz CT molecular complexity index is 1110. The highest BCUT2D eigenvalue weighted by molar-refractivity contribution is 7.22. The number of fused-ring (bicyclic) bond motifs is 1. The van der Waals surface area contributed by atoms with Crippen molar-refractivity contribution in [3.63, 3.8) is 0 Å². The van der Waals surface area contributed by atoms with Gasteiger partial charge in [0.15, 0.2) is 24.4 Å². The average molecular weight is 433 g/mol. The number of nitrogens with zero attached hydrogens (tertiary/aromatic N) is 3. The van der Waals surface area contributed by atoms with E-state index in [0.717, 1.165) is 32.8 Å². The highest BCUT2D eigenvalue weighted by Crippen LogP contribution is 2.34. The Morgan fingerprint density at radius 3 is 2.60 bits per heavy atom. The molecule has 154 valence electrons. The fourth-order valence-corrected chi connectivity index (χ4v) is 3.90. The first-order chi connectivity index (χ1) is 14.4. The van der Waals surface area contributed by atoms with Gasteiger partial charge in [-0.2, -0.15) is 23.3 Å². The Hall–Kier alpha value is -3.27. The molecule has 1 aliphatic heterocycles. The Kier molecular flexibility index (Phi) is 5.25. The van der Waals surface area contributed by atoms with Crippen molar-refractivity contribution in [3.05, 3.63) is 54.1 Å². The zero-order valence-corrected chi connectivity index (χ0v) is 16.5. The fourth-order valence-electron chi connectivity index (χ4n) is 2.98. The van der Waals surface area contributed by atoms with Crippen molar-refractivity contribution in [2.45, 2.75) is 12.7 Å². The highest BCUT2D eigenvalue weighted by Gasteiger charge is 2.51. The third-order valence-corrected chi connectivity index (χ3v) is 5.49. The molecule has 0 spiro atoms. The summed E-state index contributed by atoms with van der Waals surface area (Å²) in [5.74, 6) is -1.69. The molecule has 1 atom stereocenters.